The fourth-order valence-electron chi connectivity index (χ4n) is 0. The zero-order valence-corrected chi connectivity index (χ0v) is 6.64. The summed E-state index contributed by atoms with van der Waals surface area (Å²) in [6.45, 7) is 10.3. The van der Waals surface area contributed by atoms with E-state index in [1.807, 2.05) is 20.8 Å². The molecule has 1 N–H and O–H groups in total. The Morgan fingerprint density at radius 1 is 1.56 bits per heavy atom. The largest absolute Gasteiger partial charge is 0.481 e. The molecule has 0 unspecified atom stereocenters. The van der Waals surface area contributed by atoms with Crippen LogP contribution in [0.4, 0.5) is 0 Å². The number of rotatable bonds is 0. The number of carboxylic acid groups (broad SMARTS) is 1. The summed E-state index contributed by atoms with van der Waals surface area (Å²) in [7, 11) is 0. The lowest BCUT2D eigenvalue weighted by molar-refractivity contribution is -0.134. The van der Waals surface area contributed by atoms with Gasteiger partial charge < -0.3 is 5.11 Å². The van der Waals surface area contributed by atoms with E-state index in [0.29, 0.717) is 0 Å². The molecular weight excluding hydrogens is 116 g/mol. The third-order valence-electron chi connectivity index (χ3n) is 0. The molecule has 0 amide bonds. The molecule has 56 valence electrons. The van der Waals surface area contributed by atoms with E-state index in [2.05, 4.69) is 6.58 Å². The van der Waals surface area contributed by atoms with Crippen LogP contribution in [0.1, 0.15) is 27.7 Å². The molecule has 0 saturated carbocycles. The summed E-state index contributed by atoms with van der Waals surface area (Å²) >= 11 is 0. The van der Waals surface area contributed by atoms with Crippen molar-refractivity contribution in [2.45, 2.75) is 27.7 Å². The lowest BCUT2D eigenvalue weighted by atomic mass is 10.8. The van der Waals surface area contributed by atoms with Crippen molar-refractivity contribution >= 4 is 5.97 Å². The van der Waals surface area contributed by atoms with Crippen molar-refractivity contribution in [1.82, 2.24) is 0 Å². The van der Waals surface area contributed by atoms with Crippen LogP contribution in [0, 0.1) is 0 Å². The minimum absolute atomic E-state index is 0.833. The van der Waals surface area contributed by atoms with Gasteiger partial charge in [0.05, 0.1) is 0 Å². The Bertz CT molecular complexity index is 53.9. The monoisotopic (exact) mass is 132 g/mol. The van der Waals surface area contributed by atoms with E-state index in [-0.39, 0.29) is 0 Å². The van der Waals surface area contributed by atoms with Crippen LogP contribution in [-0.2, 0) is 4.79 Å². The van der Waals surface area contributed by atoms with E-state index in [4.69, 9.17) is 9.90 Å². The molecule has 0 saturated heterocycles. The summed E-state index contributed by atoms with van der Waals surface area (Å²) < 4.78 is 0. The van der Waals surface area contributed by atoms with E-state index in [0.717, 1.165) is 6.92 Å². The fourth-order valence-corrected chi connectivity index (χ4v) is 0. The van der Waals surface area contributed by atoms with Crippen LogP contribution < -0.4 is 0 Å². The fraction of sp³-hybridized carbons (Fsp3) is 0.571. The van der Waals surface area contributed by atoms with Gasteiger partial charge in [0, 0.05) is 6.92 Å². The second kappa shape index (κ2) is 27.0. The van der Waals surface area contributed by atoms with Crippen LogP contribution in [0.25, 0.3) is 0 Å². The minimum Gasteiger partial charge on any atom is -0.481 e. The molecule has 0 aromatic carbocycles. The summed E-state index contributed by atoms with van der Waals surface area (Å²) in [5, 5.41) is 7.42. The van der Waals surface area contributed by atoms with Crippen molar-refractivity contribution in [3.8, 4) is 0 Å². The van der Waals surface area contributed by atoms with Gasteiger partial charge in [-0.15, -0.1) is 6.58 Å². The van der Waals surface area contributed by atoms with Gasteiger partial charge in [0.1, 0.15) is 0 Å². The molecule has 0 rings (SSSR count). The first-order valence-electron chi connectivity index (χ1n) is 2.91. The molecule has 0 heterocycles. The topological polar surface area (TPSA) is 37.3 Å². The smallest absolute Gasteiger partial charge is 0.300 e. The Morgan fingerprint density at radius 3 is 1.56 bits per heavy atom. The molecule has 0 radical (unpaired) electrons. The first kappa shape index (κ1) is 15.7. The highest BCUT2D eigenvalue weighted by molar-refractivity contribution is 5.62. The maximum Gasteiger partial charge on any atom is 0.300 e. The molecule has 0 bridgehead atoms. The lowest BCUT2D eigenvalue weighted by Crippen LogP contribution is -1.78. The molecule has 2 heteroatoms. The van der Waals surface area contributed by atoms with Crippen LogP contribution in [0.15, 0.2) is 12.7 Å². The average molecular weight is 132 g/mol. The molecule has 9 heavy (non-hydrogen) atoms. The first-order chi connectivity index (χ1) is 4.15. The number of aliphatic carboxylic acids is 1. The Kier molecular flexibility index (Phi) is 47.1. The molecule has 0 aliphatic carbocycles. The third kappa shape index (κ3) is 314. The summed E-state index contributed by atoms with van der Waals surface area (Å²) in [4.78, 5) is 9.00. The summed E-state index contributed by atoms with van der Waals surface area (Å²) in [5.74, 6) is -0.833. The van der Waals surface area contributed by atoms with E-state index in [9.17, 15) is 0 Å². The maximum atomic E-state index is 9.00. The number of carboxylic acids is 1. The molecule has 0 aromatic heterocycles. The summed E-state index contributed by atoms with van der Waals surface area (Å²) in [5.41, 5.74) is 0. The van der Waals surface area contributed by atoms with Crippen molar-refractivity contribution in [3.05, 3.63) is 12.7 Å². The number of carbonyl (C=O) groups is 1. The summed E-state index contributed by atoms with van der Waals surface area (Å²) in [6, 6.07) is 0. The van der Waals surface area contributed by atoms with E-state index < -0.39 is 5.97 Å². The first-order valence-corrected chi connectivity index (χ1v) is 2.91. The molecule has 0 spiro atoms. The zero-order valence-electron chi connectivity index (χ0n) is 6.64. The molecule has 0 atom stereocenters. The predicted molar refractivity (Wildman–Crippen MR) is 40.5 cm³/mol. The Balaban J connectivity index is -0.0000000646. The van der Waals surface area contributed by atoms with Crippen molar-refractivity contribution in [3.63, 3.8) is 0 Å². The van der Waals surface area contributed by atoms with Crippen molar-refractivity contribution < 1.29 is 9.90 Å². The highest BCUT2D eigenvalue weighted by Crippen LogP contribution is 1.42. The summed E-state index contributed by atoms with van der Waals surface area (Å²) in [6.07, 6.45) is 1.75. The van der Waals surface area contributed by atoms with Crippen LogP contribution in [0.5, 0.6) is 0 Å². The molecule has 0 aliphatic rings. The van der Waals surface area contributed by atoms with Crippen LogP contribution in [-0.4, -0.2) is 11.1 Å². The molecule has 0 aliphatic heterocycles. The third-order valence-corrected chi connectivity index (χ3v) is 0. The highest BCUT2D eigenvalue weighted by atomic mass is 16.4. The van der Waals surface area contributed by atoms with Gasteiger partial charge in [-0.3, -0.25) is 4.79 Å². The van der Waals surface area contributed by atoms with Crippen LogP contribution in [0.3, 0.4) is 0 Å². The standard InChI is InChI=1S/C3H6.C2H4O2.C2H6/c1-3-2;1-2(3)4;1-2/h3H,1H2,2H3;1H3,(H,3,4);1-2H3. The number of hydrogen-bond acceptors (Lipinski definition) is 1. The van der Waals surface area contributed by atoms with Gasteiger partial charge in [0.2, 0.25) is 0 Å². The molecular formula is C7H16O2. The van der Waals surface area contributed by atoms with Crippen molar-refractivity contribution in [2.75, 3.05) is 0 Å². The molecule has 2 nitrogen and oxygen atoms in total. The van der Waals surface area contributed by atoms with E-state index in [1.54, 1.807) is 6.08 Å². The van der Waals surface area contributed by atoms with Crippen molar-refractivity contribution in [1.29, 1.82) is 0 Å². The molecule has 0 fully saturated rings. The second-order valence-corrected chi connectivity index (χ2v) is 0.927. The van der Waals surface area contributed by atoms with Crippen LogP contribution in [0.2, 0.25) is 0 Å². The van der Waals surface area contributed by atoms with Gasteiger partial charge in [-0.1, -0.05) is 19.9 Å². The Labute approximate surface area is 57.2 Å². The molecule has 0 aromatic rings. The number of allylic oxidation sites excluding steroid dienone is 1. The average Bonchev–Trinajstić information content (AvgIpc) is 1.71. The van der Waals surface area contributed by atoms with Gasteiger partial charge in [0.25, 0.3) is 5.97 Å². The van der Waals surface area contributed by atoms with E-state index >= 15 is 0 Å². The van der Waals surface area contributed by atoms with Gasteiger partial charge in [0.15, 0.2) is 0 Å². The normalized spacial score (nSPS) is 4.89. The Morgan fingerprint density at radius 2 is 1.56 bits per heavy atom. The SMILES string of the molecule is C=CC.CC.CC(=O)O. The quantitative estimate of drug-likeness (QED) is 0.513. The second-order valence-electron chi connectivity index (χ2n) is 0.927. The van der Waals surface area contributed by atoms with Gasteiger partial charge in [-0.05, 0) is 6.92 Å². The van der Waals surface area contributed by atoms with Gasteiger partial charge >= 0.3 is 0 Å². The highest BCUT2D eigenvalue weighted by Gasteiger charge is 1.65. The minimum atomic E-state index is -0.833. The maximum absolute atomic E-state index is 9.00. The number of hydrogen-bond donors (Lipinski definition) is 1. The Hall–Kier alpha value is -0.790. The predicted octanol–water partition coefficient (Wildman–Crippen LogP) is 2.31. The van der Waals surface area contributed by atoms with E-state index in [1.165, 1.54) is 0 Å². The van der Waals surface area contributed by atoms with Crippen molar-refractivity contribution in [2.24, 2.45) is 0 Å². The zero-order chi connectivity index (χ0) is 8.28. The lowest BCUT2D eigenvalue weighted by Gasteiger charge is -1.59. The van der Waals surface area contributed by atoms with Crippen LogP contribution >= 0.6 is 0 Å². The van der Waals surface area contributed by atoms with Gasteiger partial charge in [-0.25, -0.2) is 0 Å². The van der Waals surface area contributed by atoms with Gasteiger partial charge in [-0.2, -0.15) is 0 Å².